The zero-order valence-electron chi connectivity index (χ0n) is 51.4. The third-order valence-electron chi connectivity index (χ3n) is 13.8. The van der Waals surface area contributed by atoms with E-state index < -0.39 is 20.0 Å². The van der Waals surface area contributed by atoms with Crippen molar-refractivity contribution in [1.29, 1.82) is 0 Å². The van der Waals surface area contributed by atoms with Crippen molar-refractivity contribution in [2.75, 3.05) is 40.9 Å². The number of nitrogens with zero attached hydrogens (tertiary/aromatic N) is 1. The second-order valence-corrected chi connectivity index (χ2v) is 24.0. The minimum atomic E-state index is -4.46. The SMILES string of the molecule is CC/C=C\C/C=C\C/C=C\C/C=C\C/C=C\C/C=C\CCCCCCCCCCC(=O)OC(/C=C\CCCCCCCCCCCC)C(COP(=O)(O)OCC[N+](C)(C)C)NC(=O)CCCCC/C=C\CCCCCCCC. The van der Waals surface area contributed by atoms with E-state index in [9.17, 15) is 19.0 Å². The van der Waals surface area contributed by atoms with Gasteiger partial charge in [0.05, 0.1) is 33.8 Å². The van der Waals surface area contributed by atoms with Crippen LogP contribution in [0.1, 0.15) is 271 Å². The number of unbranched alkanes of at least 4 members (excludes halogenated alkanes) is 27. The molecule has 0 spiro atoms. The molecule has 3 unspecified atom stereocenters. The summed E-state index contributed by atoms with van der Waals surface area (Å²) in [5.41, 5.74) is 0. The van der Waals surface area contributed by atoms with E-state index in [1.807, 2.05) is 33.3 Å². The second kappa shape index (κ2) is 57.2. The molecule has 0 saturated carbocycles. The molecule has 0 aromatic rings. The highest BCUT2D eigenvalue weighted by atomic mass is 31.2. The van der Waals surface area contributed by atoms with Gasteiger partial charge in [0, 0.05) is 12.8 Å². The van der Waals surface area contributed by atoms with Crippen LogP contribution >= 0.6 is 7.82 Å². The Morgan fingerprint density at radius 2 is 0.821 bits per heavy atom. The van der Waals surface area contributed by atoms with Gasteiger partial charge in [-0.15, -0.1) is 0 Å². The maximum absolute atomic E-state index is 13.5. The number of esters is 1. The number of carbonyl (C=O) groups is 2. The van der Waals surface area contributed by atoms with Gasteiger partial charge in [-0.1, -0.05) is 247 Å². The molecule has 0 aliphatic rings. The molecule has 3 atom stereocenters. The van der Waals surface area contributed by atoms with Crippen LogP contribution < -0.4 is 5.32 Å². The summed E-state index contributed by atoms with van der Waals surface area (Å²) in [7, 11) is 1.47. The van der Waals surface area contributed by atoms with E-state index in [1.54, 1.807) is 0 Å². The molecule has 9 nitrogen and oxygen atoms in total. The molecule has 0 aliphatic carbocycles. The first-order chi connectivity index (χ1) is 37.9. The maximum atomic E-state index is 13.5. The van der Waals surface area contributed by atoms with Gasteiger partial charge >= 0.3 is 13.8 Å². The summed E-state index contributed by atoms with van der Waals surface area (Å²) in [6.07, 6.45) is 77.0. The minimum absolute atomic E-state index is 0.0325. The number of hydrogen-bond acceptors (Lipinski definition) is 6. The molecule has 78 heavy (non-hydrogen) atoms. The van der Waals surface area contributed by atoms with E-state index in [2.05, 4.69) is 111 Å². The number of amides is 1. The van der Waals surface area contributed by atoms with Gasteiger partial charge in [-0.05, 0) is 109 Å². The standard InChI is InChI=1S/C68H121N2O7P/c1-7-10-13-16-19-22-25-28-29-30-31-32-33-34-35-36-37-38-39-40-41-43-46-49-52-55-58-61-68(72)77-66(59-56-53-50-47-44-27-24-21-18-15-12-9-3)65(64-76-78(73,74)75-63-62-70(4,5)6)69-67(71)60-57-54-51-48-45-42-26-23-20-17-14-11-8-2/h10,13,19,22,28-29,31-32,34-35,37-38,42,45,56,59,65-66H,7-9,11-12,14-18,20-21,23-27,30,33,36,39-41,43-44,46-55,57-58,60-64H2,1-6H3,(H-,69,71,73,74)/p+1/b13-10-,22-19-,29-28-,32-31-,35-34-,38-37-,45-42-,59-56-. The average Bonchev–Trinajstić information content (AvgIpc) is 3.40. The summed E-state index contributed by atoms with van der Waals surface area (Å²) >= 11 is 0. The highest BCUT2D eigenvalue weighted by Gasteiger charge is 2.30. The lowest BCUT2D eigenvalue weighted by atomic mass is 10.0. The van der Waals surface area contributed by atoms with Crippen LogP contribution in [0.15, 0.2) is 97.2 Å². The number of likely N-dealkylation sites (N-methyl/N-ethyl adjacent to an activating group) is 1. The maximum Gasteiger partial charge on any atom is 0.472 e. The fraction of sp³-hybridized carbons (Fsp3) is 0.735. The van der Waals surface area contributed by atoms with Crippen molar-refractivity contribution in [1.82, 2.24) is 5.32 Å². The number of allylic oxidation sites excluding steroid dienone is 15. The lowest BCUT2D eigenvalue weighted by molar-refractivity contribution is -0.870. The quantitative estimate of drug-likeness (QED) is 0.0205. The van der Waals surface area contributed by atoms with E-state index in [-0.39, 0.29) is 31.5 Å². The molecular formula is C68H122N2O7P+. The number of ether oxygens (including phenoxy) is 1. The van der Waals surface area contributed by atoms with Crippen molar-refractivity contribution in [3.8, 4) is 0 Å². The van der Waals surface area contributed by atoms with Gasteiger partial charge in [-0.3, -0.25) is 18.6 Å². The number of phosphoric ester groups is 1. The molecule has 2 N–H and O–H groups in total. The topological polar surface area (TPSA) is 111 Å². The van der Waals surface area contributed by atoms with Crippen LogP contribution in [0.4, 0.5) is 0 Å². The fourth-order valence-corrected chi connectivity index (χ4v) is 9.56. The molecule has 0 heterocycles. The first-order valence-electron chi connectivity index (χ1n) is 32.1. The monoisotopic (exact) mass is 1110 g/mol. The average molecular weight is 1110 g/mol. The Morgan fingerprint density at radius 3 is 1.26 bits per heavy atom. The predicted octanol–water partition coefficient (Wildman–Crippen LogP) is 19.9. The highest BCUT2D eigenvalue weighted by molar-refractivity contribution is 7.47. The van der Waals surface area contributed by atoms with E-state index >= 15 is 0 Å². The minimum Gasteiger partial charge on any atom is -0.456 e. The van der Waals surface area contributed by atoms with Crippen LogP contribution in [0.2, 0.25) is 0 Å². The summed E-state index contributed by atoms with van der Waals surface area (Å²) in [5.74, 6) is -0.535. The van der Waals surface area contributed by atoms with Crippen LogP contribution in [0.5, 0.6) is 0 Å². The molecule has 0 aliphatic heterocycles. The Bertz CT molecular complexity index is 1660. The van der Waals surface area contributed by atoms with Crippen molar-refractivity contribution in [2.45, 2.75) is 283 Å². The smallest absolute Gasteiger partial charge is 0.456 e. The summed E-state index contributed by atoms with van der Waals surface area (Å²) in [4.78, 5) is 37.7. The predicted molar refractivity (Wildman–Crippen MR) is 337 cm³/mol. The van der Waals surface area contributed by atoms with Crippen LogP contribution in [0, 0.1) is 0 Å². The Hall–Kier alpha value is -3.07. The Labute approximate surface area is 481 Å². The molecule has 0 radical (unpaired) electrons. The van der Waals surface area contributed by atoms with Crippen molar-refractivity contribution in [2.24, 2.45) is 0 Å². The molecule has 450 valence electrons. The Morgan fingerprint density at radius 1 is 0.462 bits per heavy atom. The molecule has 0 aromatic heterocycles. The molecule has 0 rings (SSSR count). The van der Waals surface area contributed by atoms with Crippen molar-refractivity contribution < 1.29 is 37.3 Å². The van der Waals surface area contributed by atoms with E-state index in [0.717, 1.165) is 122 Å². The lowest BCUT2D eigenvalue weighted by Crippen LogP contribution is -2.47. The lowest BCUT2D eigenvalue weighted by Gasteiger charge is -2.27. The number of phosphoric acid groups is 1. The molecule has 1 amide bonds. The number of nitrogens with one attached hydrogen (secondary N) is 1. The second-order valence-electron chi connectivity index (χ2n) is 22.5. The van der Waals surface area contributed by atoms with Crippen molar-refractivity contribution in [3.63, 3.8) is 0 Å². The molecular weight excluding hydrogens is 988 g/mol. The number of hydrogen-bond donors (Lipinski definition) is 2. The number of quaternary nitrogens is 1. The normalized spacial score (nSPS) is 14.3. The summed E-state index contributed by atoms with van der Waals surface area (Å²) in [5, 5.41) is 3.04. The zero-order chi connectivity index (χ0) is 57.2. The van der Waals surface area contributed by atoms with Crippen molar-refractivity contribution >= 4 is 19.7 Å². The Kier molecular flexibility index (Phi) is 54.9. The van der Waals surface area contributed by atoms with Crippen LogP contribution in [-0.4, -0.2) is 74.3 Å². The molecule has 0 saturated heterocycles. The van der Waals surface area contributed by atoms with Crippen LogP contribution in [0.3, 0.4) is 0 Å². The Balaban J connectivity index is 5.13. The van der Waals surface area contributed by atoms with Gasteiger partial charge in [0.25, 0.3) is 0 Å². The zero-order valence-corrected chi connectivity index (χ0v) is 52.3. The molecule has 0 aromatic carbocycles. The number of carbonyl (C=O) groups excluding carboxylic acids is 2. The van der Waals surface area contributed by atoms with Gasteiger partial charge in [0.2, 0.25) is 5.91 Å². The van der Waals surface area contributed by atoms with Gasteiger partial charge in [-0.2, -0.15) is 0 Å². The third-order valence-corrected chi connectivity index (χ3v) is 14.7. The third kappa shape index (κ3) is 57.6. The van der Waals surface area contributed by atoms with Gasteiger partial charge in [0.1, 0.15) is 19.3 Å². The first-order valence-corrected chi connectivity index (χ1v) is 33.6. The number of rotatable bonds is 57. The summed E-state index contributed by atoms with van der Waals surface area (Å²) in [6, 6.07) is -0.864. The molecule has 0 bridgehead atoms. The molecule has 10 heteroatoms. The van der Waals surface area contributed by atoms with Crippen LogP contribution in [-0.2, 0) is 27.9 Å². The first kappa shape index (κ1) is 74.9. The van der Waals surface area contributed by atoms with E-state index in [0.29, 0.717) is 17.4 Å². The summed E-state index contributed by atoms with van der Waals surface area (Å²) < 4.78 is 30.7. The van der Waals surface area contributed by atoms with Gasteiger partial charge in [0.15, 0.2) is 0 Å². The van der Waals surface area contributed by atoms with Crippen LogP contribution in [0.25, 0.3) is 0 Å². The van der Waals surface area contributed by atoms with Gasteiger partial charge < -0.3 is 19.4 Å². The fourth-order valence-electron chi connectivity index (χ4n) is 8.82. The van der Waals surface area contributed by atoms with E-state index in [4.69, 9.17) is 13.8 Å². The molecule has 0 fully saturated rings. The largest absolute Gasteiger partial charge is 0.472 e. The summed E-state index contributed by atoms with van der Waals surface area (Å²) in [6.45, 7) is 6.87. The highest BCUT2D eigenvalue weighted by Crippen LogP contribution is 2.43. The van der Waals surface area contributed by atoms with E-state index in [1.165, 1.54) is 116 Å². The van der Waals surface area contributed by atoms with Crippen molar-refractivity contribution in [3.05, 3.63) is 97.2 Å². The van der Waals surface area contributed by atoms with Gasteiger partial charge in [-0.25, -0.2) is 4.57 Å².